The lowest BCUT2D eigenvalue weighted by Gasteiger charge is -2.31. The van der Waals surface area contributed by atoms with Gasteiger partial charge in [-0.3, -0.25) is 5.43 Å². The fourth-order valence-corrected chi connectivity index (χ4v) is 1.55. The molecule has 1 heterocycles. The molecular formula is C9H13N5S. The Morgan fingerprint density at radius 1 is 1.53 bits per heavy atom. The lowest BCUT2D eigenvalue weighted by atomic mass is 10.2. The largest absolute Gasteiger partial charge is 0.334 e. The Labute approximate surface area is 93.7 Å². The first-order valence-corrected chi connectivity index (χ1v) is 4.97. The first kappa shape index (κ1) is 10.1. The van der Waals surface area contributed by atoms with Crippen LogP contribution >= 0.6 is 12.6 Å². The van der Waals surface area contributed by atoms with Crippen LogP contribution in [0, 0.1) is 6.92 Å². The van der Waals surface area contributed by atoms with Gasteiger partial charge in [0.05, 0.1) is 0 Å². The van der Waals surface area contributed by atoms with Crippen molar-refractivity contribution in [3.63, 3.8) is 0 Å². The summed E-state index contributed by atoms with van der Waals surface area (Å²) in [5.41, 5.74) is 4.86. The van der Waals surface area contributed by atoms with E-state index in [0.717, 1.165) is 11.3 Å². The standard InChI is InChI=1S/C9H13N5S/c1-7-4-2-3-5-8(7)12-9(15)13-11-6-14(9)10/h2-6,12-13,15H,10H2,1H3. The summed E-state index contributed by atoms with van der Waals surface area (Å²) < 4.78 is 0. The summed E-state index contributed by atoms with van der Waals surface area (Å²) in [6, 6.07) is 7.89. The molecule has 0 bridgehead atoms. The Kier molecular flexibility index (Phi) is 2.45. The molecule has 4 N–H and O–H groups in total. The third-order valence-corrected chi connectivity index (χ3v) is 2.67. The Morgan fingerprint density at radius 3 is 2.87 bits per heavy atom. The molecule has 2 rings (SSSR count). The highest BCUT2D eigenvalue weighted by atomic mass is 32.1. The molecule has 0 saturated heterocycles. The number of rotatable bonds is 2. The van der Waals surface area contributed by atoms with Crippen LogP contribution in [-0.4, -0.2) is 16.5 Å². The Morgan fingerprint density at radius 2 is 2.27 bits per heavy atom. The fourth-order valence-electron chi connectivity index (χ4n) is 1.32. The van der Waals surface area contributed by atoms with Crippen LogP contribution in [0.4, 0.5) is 5.69 Å². The summed E-state index contributed by atoms with van der Waals surface area (Å²) in [4.78, 5) is 0. The van der Waals surface area contributed by atoms with Crippen molar-refractivity contribution in [3.8, 4) is 0 Å². The highest BCUT2D eigenvalue weighted by molar-refractivity contribution is 7.81. The summed E-state index contributed by atoms with van der Waals surface area (Å²) in [5.74, 6) is 5.69. The van der Waals surface area contributed by atoms with E-state index in [4.69, 9.17) is 5.84 Å². The molecule has 1 aliphatic rings. The van der Waals surface area contributed by atoms with Crippen molar-refractivity contribution < 1.29 is 0 Å². The summed E-state index contributed by atoms with van der Waals surface area (Å²) in [6.07, 6.45) is 1.47. The Bertz CT molecular complexity index is 394. The van der Waals surface area contributed by atoms with Gasteiger partial charge in [-0.05, 0) is 18.6 Å². The van der Waals surface area contributed by atoms with Crippen molar-refractivity contribution in [3.05, 3.63) is 29.8 Å². The predicted octanol–water partition coefficient (Wildman–Crippen LogP) is 0.670. The number of nitrogens with one attached hydrogen (secondary N) is 2. The number of nitrogens with two attached hydrogens (primary N) is 1. The zero-order chi connectivity index (χ0) is 10.9. The molecule has 5 nitrogen and oxygen atoms in total. The van der Waals surface area contributed by atoms with Crippen LogP contribution in [0.1, 0.15) is 5.56 Å². The van der Waals surface area contributed by atoms with Crippen LogP contribution in [0.15, 0.2) is 29.4 Å². The van der Waals surface area contributed by atoms with Crippen molar-refractivity contribution in [2.24, 2.45) is 10.9 Å². The zero-order valence-corrected chi connectivity index (χ0v) is 9.20. The number of hydrogen-bond donors (Lipinski definition) is 4. The molecule has 0 aromatic heterocycles. The molecule has 1 aliphatic heterocycles. The fraction of sp³-hybridized carbons (Fsp3) is 0.222. The van der Waals surface area contributed by atoms with Crippen molar-refractivity contribution in [2.45, 2.75) is 12.0 Å². The van der Waals surface area contributed by atoms with Gasteiger partial charge < -0.3 is 5.32 Å². The van der Waals surface area contributed by atoms with Crippen molar-refractivity contribution in [1.29, 1.82) is 0 Å². The number of para-hydroxylation sites is 1. The maximum atomic E-state index is 5.69. The molecule has 80 valence electrons. The molecule has 1 atom stereocenters. The molecule has 1 unspecified atom stereocenters. The smallest absolute Gasteiger partial charge is 0.264 e. The Balaban J connectivity index is 2.19. The molecule has 15 heavy (non-hydrogen) atoms. The zero-order valence-electron chi connectivity index (χ0n) is 8.31. The number of benzene rings is 1. The lowest BCUT2D eigenvalue weighted by Crippen LogP contribution is -2.56. The second-order valence-corrected chi connectivity index (χ2v) is 4.02. The second kappa shape index (κ2) is 3.63. The van der Waals surface area contributed by atoms with Gasteiger partial charge >= 0.3 is 0 Å². The molecule has 0 spiro atoms. The first-order valence-electron chi connectivity index (χ1n) is 4.52. The maximum Gasteiger partial charge on any atom is 0.264 e. The Hall–Kier alpha value is -1.40. The molecule has 1 aromatic rings. The van der Waals surface area contributed by atoms with E-state index in [0.29, 0.717) is 0 Å². The number of hydrazine groups is 1. The van der Waals surface area contributed by atoms with E-state index < -0.39 is 5.12 Å². The van der Waals surface area contributed by atoms with E-state index in [1.54, 1.807) is 0 Å². The minimum absolute atomic E-state index is 0.869. The highest BCUT2D eigenvalue weighted by Gasteiger charge is 2.33. The number of thiol groups is 1. The molecule has 0 radical (unpaired) electrons. The van der Waals surface area contributed by atoms with Gasteiger partial charge in [-0.25, -0.2) is 10.9 Å². The third kappa shape index (κ3) is 1.86. The number of hydrogen-bond acceptors (Lipinski definition) is 6. The van der Waals surface area contributed by atoms with Gasteiger partial charge in [0.25, 0.3) is 5.12 Å². The van der Waals surface area contributed by atoms with Crippen LogP contribution in [0.3, 0.4) is 0 Å². The van der Waals surface area contributed by atoms with E-state index in [9.17, 15) is 0 Å². The molecule has 0 amide bonds. The lowest BCUT2D eigenvalue weighted by molar-refractivity contribution is 0.311. The SMILES string of the molecule is Cc1ccccc1NC1(S)NN=CN1N. The van der Waals surface area contributed by atoms with Gasteiger partial charge in [0.15, 0.2) is 0 Å². The van der Waals surface area contributed by atoms with E-state index in [2.05, 4.69) is 28.5 Å². The molecule has 0 fully saturated rings. The van der Waals surface area contributed by atoms with Crippen molar-refractivity contribution >= 4 is 24.7 Å². The minimum atomic E-state index is -0.869. The van der Waals surface area contributed by atoms with Crippen molar-refractivity contribution in [2.75, 3.05) is 5.32 Å². The number of aryl methyl sites for hydroxylation is 1. The molecule has 1 aromatic carbocycles. The van der Waals surface area contributed by atoms with Gasteiger partial charge in [0.2, 0.25) is 0 Å². The third-order valence-electron chi connectivity index (χ3n) is 2.23. The molecule has 0 saturated carbocycles. The predicted molar refractivity (Wildman–Crippen MR) is 64.2 cm³/mol. The average molecular weight is 223 g/mol. The van der Waals surface area contributed by atoms with Crippen LogP contribution in [0.5, 0.6) is 0 Å². The van der Waals surface area contributed by atoms with E-state index in [-0.39, 0.29) is 0 Å². The monoisotopic (exact) mass is 223 g/mol. The molecular weight excluding hydrogens is 210 g/mol. The summed E-state index contributed by atoms with van der Waals surface area (Å²) in [5, 5.41) is 7.49. The van der Waals surface area contributed by atoms with Gasteiger partial charge in [-0.15, -0.1) is 12.6 Å². The maximum absolute atomic E-state index is 5.69. The summed E-state index contributed by atoms with van der Waals surface area (Å²) in [7, 11) is 0. The number of anilines is 1. The topological polar surface area (TPSA) is 65.7 Å². The van der Waals surface area contributed by atoms with Crippen LogP contribution in [0.25, 0.3) is 0 Å². The van der Waals surface area contributed by atoms with E-state index in [1.165, 1.54) is 11.3 Å². The quantitative estimate of drug-likeness (QED) is 0.338. The van der Waals surface area contributed by atoms with Crippen LogP contribution in [0.2, 0.25) is 0 Å². The molecule has 0 aliphatic carbocycles. The molecule has 6 heteroatoms. The number of hydrazone groups is 1. The average Bonchev–Trinajstić information content (AvgIpc) is 2.51. The first-order chi connectivity index (χ1) is 7.12. The normalized spacial score (nSPS) is 24.1. The van der Waals surface area contributed by atoms with Gasteiger partial charge in [-0.1, -0.05) is 18.2 Å². The van der Waals surface area contributed by atoms with E-state index in [1.807, 2.05) is 31.2 Å². The summed E-state index contributed by atoms with van der Waals surface area (Å²) >= 11 is 4.39. The van der Waals surface area contributed by atoms with Crippen LogP contribution in [-0.2, 0) is 0 Å². The number of nitrogens with zero attached hydrogens (tertiary/aromatic N) is 2. The van der Waals surface area contributed by atoms with Gasteiger partial charge in [-0.2, -0.15) is 5.10 Å². The van der Waals surface area contributed by atoms with Crippen LogP contribution < -0.4 is 16.6 Å². The minimum Gasteiger partial charge on any atom is -0.334 e. The highest BCUT2D eigenvalue weighted by Crippen LogP contribution is 2.22. The van der Waals surface area contributed by atoms with Gasteiger partial charge in [0.1, 0.15) is 6.34 Å². The van der Waals surface area contributed by atoms with Gasteiger partial charge in [0, 0.05) is 5.69 Å². The second-order valence-electron chi connectivity index (χ2n) is 3.38. The summed E-state index contributed by atoms with van der Waals surface area (Å²) in [6.45, 7) is 2.01. The van der Waals surface area contributed by atoms with E-state index >= 15 is 0 Å². The van der Waals surface area contributed by atoms with Crippen molar-refractivity contribution in [1.82, 2.24) is 10.4 Å².